The Morgan fingerprint density at radius 2 is 2.21 bits per heavy atom. The summed E-state index contributed by atoms with van der Waals surface area (Å²) in [5, 5.41) is 4.32. The molecule has 2 aromatic heterocycles. The molecule has 0 aliphatic carbocycles. The molecule has 3 rings (SSSR count). The van der Waals surface area contributed by atoms with Crippen LogP contribution in [0, 0.1) is 12.7 Å². The number of H-pyrrole nitrogens is 1. The fourth-order valence-corrected chi connectivity index (χ4v) is 2.19. The summed E-state index contributed by atoms with van der Waals surface area (Å²) in [6.07, 6.45) is 3.68. The molecule has 0 bridgehead atoms. The molecule has 0 unspecified atom stereocenters. The molecular weight excluding hydrogens is 241 g/mol. The van der Waals surface area contributed by atoms with Crippen LogP contribution in [0.15, 0.2) is 42.7 Å². The minimum absolute atomic E-state index is 0.219. The summed E-state index contributed by atoms with van der Waals surface area (Å²) in [7, 11) is 0. The van der Waals surface area contributed by atoms with Crippen LogP contribution in [0.4, 0.5) is 10.1 Å². The van der Waals surface area contributed by atoms with Crippen molar-refractivity contribution in [1.29, 1.82) is 0 Å². The van der Waals surface area contributed by atoms with E-state index in [0.29, 0.717) is 6.54 Å². The van der Waals surface area contributed by atoms with Gasteiger partial charge in [-0.1, -0.05) is 0 Å². The Kier molecular flexibility index (Phi) is 2.91. The van der Waals surface area contributed by atoms with Gasteiger partial charge >= 0.3 is 0 Å². The molecule has 2 heterocycles. The Balaban J connectivity index is 1.82. The molecule has 3 nitrogen and oxygen atoms in total. The zero-order valence-corrected chi connectivity index (χ0v) is 10.6. The first-order valence-electron chi connectivity index (χ1n) is 6.14. The second-order valence-electron chi connectivity index (χ2n) is 4.58. The van der Waals surface area contributed by atoms with E-state index in [1.807, 2.05) is 31.3 Å². The van der Waals surface area contributed by atoms with E-state index >= 15 is 0 Å². The first kappa shape index (κ1) is 11.7. The average Bonchev–Trinajstić information content (AvgIpc) is 2.78. The largest absolute Gasteiger partial charge is 0.381 e. The number of fused-ring (bicyclic) bond motifs is 1. The number of hydrogen-bond acceptors (Lipinski definition) is 2. The van der Waals surface area contributed by atoms with E-state index in [9.17, 15) is 4.39 Å². The average molecular weight is 255 g/mol. The summed E-state index contributed by atoms with van der Waals surface area (Å²) in [4.78, 5) is 7.36. The molecule has 19 heavy (non-hydrogen) atoms. The summed E-state index contributed by atoms with van der Waals surface area (Å²) in [6, 6.07) is 8.87. The Morgan fingerprint density at radius 3 is 3.05 bits per heavy atom. The van der Waals surface area contributed by atoms with Gasteiger partial charge in [-0.3, -0.25) is 0 Å². The second kappa shape index (κ2) is 4.72. The van der Waals surface area contributed by atoms with Crippen LogP contribution in [-0.2, 0) is 6.54 Å². The molecule has 0 saturated heterocycles. The second-order valence-corrected chi connectivity index (χ2v) is 4.58. The lowest BCUT2D eigenvalue weighted by atomic mass is 10.2. The van der Waals surface area contributed by atoms with Gasteiger partial charge in [-0.05, 0) is 48.4 Å². The zero-order chi connectivity index (χ0) is 13.2. The fraction of sp³-hybridized carbons (Fsp3) is 0.133. The Hall–Kier alpha value is -2.36. The van der Waals surface area contributed by atoms with Crippen molar-refractivity contribution in [3.8, 4) is 0 Å². The van der Waals surface area contributed by atoms with Crippen LogP contribution in [0.1, 0.15) is 11.1 Å². The van der Waals surface area contributed by atoms with Gasteiger partial charge in [-0.25, -0.2) is 9.37 Å². The Bertz CT molecular complexity index is 698. The van der Waals surface area contributed by atoms with Crippen LogP contribution in [0.25, 0.3) is 11.0 Å². The maximum absolute atomic E-state index is 13.3. The van der Waals surface area contributed by atoms with Gasteiger partial charge in [0.05, 0.1) is 0 Å². The summed E-state index contributed by atoms with van der Waals surface area (Å²) in [5.74, 6) is -0.219. The van der Waals surface area contributed by atoms with Gasteiger partial charge in [0.2, 0.25) is 0 Å². The van der Waals surface area contributed by atoms with Crippen molar-refractivity contribution in [3.05, 3.63) is 59.7 Å². The van der Waals surface area contributed by atoms with Crippen molar-refractivity contribution in [1.82, 2.24) is 9.97 Å². The van der Waals surface area contributed by atoms with Crippen LogP contribution in [-0.4, -0.2) is 9.97 Å². The minimum atomic E-state index is -0.219. The molecule has 0 fully saturated rings. The third kappa shape index (κ3) is 2.42. The van der Waals surface area contributed by atoms with Gasteiger partial charge in [-0.15, -0.1) is 0 Å². The lowest BCUT2D eigenvalue weighted by Gasteiger charge is -2.07. The summed E-state index contributed by atoms with van der Waals surface area (Å²) in [6.45, 7) is 2.51. The summed E-state index contributed by atoms with van der Waals surface area (Å²) in [5.41, 5.74) is 3.68. The topological polar surface area (TPSA) is 40.7 Å². The molecule has 0 spiro atoms. The van der Waals surface area contributed by atoms with Crippen molar-refractivity contribution in [3.63, 3.8) is 0 Å². The molecule has 2 N–H and O–H groups in total. The van der Waals surface area contributed by atoms with Gasteiger partial charge in [0, 0.05) is 30.0 Å². The summed E-state index contributed by atoms with van der Waals surface area (Å²) < 4.78 is 13.3. The fourth-order valence-electron chi connectivity index (χ4n) is 2.19. The monoisotopic (exact) mass is 255 g/mol. The van der Waals surface area contributed by atoms with Crippen LogP contribution in [0.2, 0.25) is 0 Å². The lowest BCUT2D eigenvalue weighted by molar-refractivity contribution is 0.627. The van der Waals surface area contributed by atoms with Gasteiger partial charge in [0.15, 0.2) is 0 Å². The van der Waals surface area contributed by atoms with Gasteiger partial charge in [0.1, 0.15) is 11.5 Å². The molecule has 4 heteroatoms. The van der Waals surface area contributed by atoms with Crippen LogP contribution < -0.4 is 5.32 Å². The number of anilines is 1. The SMILES string of the molecule is Cc1cc(F)cc(NCc2c[nH]c3ncccc23)c1. The molecule has 0 atom stereocenters. The predicted molar refractivity (Wildman–Crippen MR) is 74.6 cm³/mol. The number of hydrogen-bond donors (Lipinski definition) is 2. The van der Waals surface area contributed by atoms with E-state index in [0.717, 1.165) is 27.8 Å². The van der Waals surface area contributed by atoms with E-state index in [1.165, 1.54) is 12.1 Å². The number of aryl methyl sites for hydroxylation is 1. The minimum Gasteiger partial charge on any atom is -0.381 e. The highest BCUT2D eigenvalue weighted by Gasteiger charge is 2.04. The van der Waals surface area contributed by atoms with E-state index in [1.54, 1.807) is 6.20 Å². The van der Waals surface area contributed by atoms with Crippen LogP contribution >= 0.6 is 0 Å². The first-order valence-corrected chi connectivity index (χ1v) is 6.14. The highest BCUT2D eigenvalue weighted by Crippen LogP contribution is 2.18. The molecule has 0 aliphatic heterocycles. The molecule has 0 aliphatic rings. The van der Waals surface area contributed by atoms with Gasteiger partial charge in [0.25, 0.3) is 0 Å². The molecule has 0 radical (unpaired) electrons. The normalized spacial score (nSPS) is 10.8. The highest BCUT2D eigenvalue weighted by molar-refractivity contribution is 5.79. The number of benzene rings is 1. The van der Waals surface area contributed by atoms with Gasteiger partial charge < -0.3 is 10.3 Å². The van der Waals surface area contributed by atoms with Crippen molar-refractivity contribution in [2.75, 3.05) is 5.32 Å². The quantitative estimate of drug-likeness (QED) is 0.750. The number of rotatable bonds is 3. The molecule has 0 saturated carbocycles. The molecule has 3 aromatic rings. The van der Waals surface area contributed by atoms with Crippen molar-refractivity contribution < 1.29 is 4.39 Å². The zero-order valence-electron chi connectivity index (χ0n) is 10.6. The van der Waals surface area contributed by atoms with Crippen LogP contribution in [0.3, 0.4) is 0 Å². The van der Waals surface area contributed by atoms with Crippen molar-refractivity contribution in [2.24, 2.45) is 0 Å². The number of nitrogens with zero attached hydrogens (tertiary/aromatic N) is 1. The number of aromatic nitrogens is 2. The first-order chi connectivity index (χ1) is 9.22. The van der Waals surface area contributed by atoms with Crippen molar-refractivity contribution in [2.45, 2.75) is 13.5 Å². The third-order valence-corrected chi connectivity index (χ3v) is 3.06. The number of nitrogens with one attached hydrogen (secondary N) is 2. The maximum atomic E-state index is 13.3. The Labute approximate surface area is 110 Å². The standard InChI is InChI=1S/C15H14FN3/c1-10-5-12(16)7-13(6-10)18-8-11-9-19-15-14(11)3-2-4-17-15/h2-7,9,18H,8H2,1H3,(H,17,19). The van der Waals surface area contributed by atoms with E-state index in [4.69, 9.17) is 0 Å². The number of halogens is 1. The molecule has 1 aromatic carbocycles. The Morgan fingerprint density at radius 1 is 1.32 bits per heavy atom. The van der Waals surface area contributed by atoms with E-state index in [-0.39, 0.29) is 5.82 Å². The summed E-state index contributed by atoms with van der Waals surface area (Å²) >= 11 is 0. The predicted octanol–water partition coefficient (Wildman–Crippen LogP) is 3.62. The highest BCUT2D eigenvalue weighted by atomic mass is 19.1. The molecular formula is C15H14FN3. The smallest absolute Gasteiger partial charge is 0.137 e. The van der Waals surface area contributed by atoms with Crippen LogP contribution in [0.5, 0.6) is 0 Å². The molecule has 96 valence electrons. The molecule has 0 amide bonds. The van der Waals surface area contributed by atoms with E-state index in [2.05, 4.69) is 15.3 Å². The maximum Gasteiger partial charge on any atom is 0.137 e. The van der Waals surface area contributed by atoms with Gasteiger partial charge in [-0.2, -0.15) is 0 Å². The number of aromatic amines is 1. The number of pyridine rings is 1. The third-order valence-electron chi connectivity index (χ3n) is 3.06. The lowest BCUT2D eigenvalue weighted by Crippen LogP contribution is -1.99. The van der Waals surface area contributed by atoms with E-state index < -0.39 is 0 Å². The van der Waals surface area contributed by atoms with Crippen molar-refractivity contribution >= 4 is 16.7 Å².